The monoisotopic (exact) mass is 283 g/mol. The molecule has 19 heavy (non-hydrogen) atoms. The van der Waals surface area contributed by atoms with Crippen LogP contribution in [0.15, 0.2) is 18.2 Å². The van der Waals surface area contributed by atoms with Gasteiger partial charge in [0.2, 0.25) is 5.91 Å². The fourth-order valence-corrected chi connectivity index (χ4v) is 1.80. The molecule has 0 aromatic heterocycles. The highest BCUT2D eigenvalue weighted by molar-refractivity contribution is 6.31. The van der Waals surface area contributed by atoms with E-state index < -0.39 is 6.10 Å². The molecule has 1 amide bonds. The van der Waals surface area contributed by atoms with E-state index in [1.54, 1.807) is 0 Å². The second-order valence-corrected chi connectivity index (χ2v) is 5.61. The second-order valence-electron chi connectivity index (χ2n) is 5.20. The van der Waals surface area contributed by atoms with Gasteiger partial charge < -0.3 is 10.4 Å². The number of hydrogen-bond acceptors (Lipinski definition) is 2. The van der Waals surface area contributed by atoms with Crippen LogP contribution in [0.3, 0.4) is 0 Å². The van der Waals surface area contributed by atoms with Crippen LogP contribution in [0.2, 0.25) is 5.02 Å². The summed E-state index contributed by atoms with van der Waals surface area (Å²) in [5.41, 5.74) is 2.09. The summed E-state index contributed by atoms with van der Waals surface area (Å²) < 4.78 is 0. The summed E-state index contributed by atoms with van der Waals surface area (Å²) in [6.45, 7) is 6.10. The van der Waals surface area contributed by atoms with Crippen molar-refractivity contribution in [3.8, 4) is 0 Å². The third-order valence-corrected chi connectivity index (χ3v) is 3.56. The van der Waals surface area contributed by atoms with E-state index in [1.165, 1.54) is 0 Å². The first-order valence-electron chi connectivity index (χ1n) is 6.60. The van der Waals surface area contributed by atoms with E-state index in [-0.39, 0.29) is 11.8 Å². The lowest BCUT2D eigenvalue weighted by molar-refractivity contribution is -0.121. The minimum absolute atomic E-state index is 0.0450. The molecule has 1 atom stereocenters. The summed E-state index contributed by atoms with van der Waals surface area (Å²) in [4.78, 5) is 11.6. The van der Waals surface area contributed by atoms with Crippen LogP contribution >= 0.6 is 11.6 Å². The summed E-state index contributed by atoms with van der Waals surface area (Å²) in [5, 5.41) is 13.1. The lowest BCUT2D eigenvalue weighted by Gasteiger charge is -2.15. The van der Waals surface area contributed by atoms with Crippen molar-refractivity contribution in [1.29, 1.82) is 0 Å². The molecule has 0 aliphatic carbocycles. The standard InChI is InChI=1S/C15H22ClNO2/c1-10(2)14(18)9-17-15(19)7-6-12-5-4-11(3)13(16)8-12/h4-5,8,10,14,18H,6-7,9H2,1-3H3,(H,17,19). The highest BCUT2D eigenvalue weighted by Gasteiger charge is 2.10. The van der Waals surface area contributed by atoms with E-state index in [1.807, 2.05) is 39.0 Å². The number of aliphatic hydroxyl groups is 1. The molecule has 4 heteroatoms. The molecule has 0 bridgehead atoms. The van der Waals surface area contributed by atoms with Crippen molar-refractivity contribution in [1.82, 2.24) is 5.32 Å². The molecule has 1 unspecified atom stereocenters. The molecule has 1 aromatic rings. The molecular weight excluding hydrogens is 262 g/mol. The zero-order valence-corrected chi connectivity index (χ0v) is 12.5. The molecule has 3 nitrogen and oxygen atoms in total. The Balaban J connectivity index is 2.35. The molecule has 0 aliphatic heterocycles. The molecule has 0 saturated heterocycles. The van der Waals surface area contributed by atoms with E-state index in [0.717, 1.165) is 16.1 Å². The molecule has 1 aromatic carbocycles. The van der Waals surface area contributed by atoms with E-state index in [9.17, 15) is 9.90 Å². The first-order chi connectivity index (χ1) is 8.90. The van der Waals surface area contributed by atoms with Crippen molar-refractivity contribution in [3.63, 3.8) is 0 Å². The topological polar surface area (TPSA) is 49.3 Å². The fourth-order valence-electron chi connectivity index (χ4n) is 1.59. The van der Waals surface area contributed by atoms with Crippen LogP contribution < -0.4 is 5.32 Å². The van der Waals surface area contributed by atoms with Crippen molar-refractivity contribution in [3.05, 3.63) is 34.3 Å². The van der Waals surface area contributed by atoms with Crippen LogP contribution in [-0.2, 0) is 11.2 Å². The molecule has 0 saturated carbocycles. The van der Waals surface area contributed by atoms with Crippen LogP contribution in [0.25, 0.3) is 0 Å². The molecule has 0 fully saturated rings. The zero-order chi connectivity index (χ0) is 14.4. The van der Waals surface area contributed by atoms with Crippen LogP contribution in [0.5, 0.6) is 0 Å². The summed E-state index contributed by atoms with van der Waals surface area (Å²) in [7, 11) is 0. The number of amides is 1. The summed E-state index contributed by atoms with van der Waals surface area (Å²) in [6, 6.07) is 5.84. The van der Waals surface area contributed by atoms with Gasteiger partial charge >= 0.3 is 0 Å². The number of halogens is 1. The molecule has 1 rings (SSSR count). The van der Waals surface area contributed by atoms with Crippen molar-refractivity contribution < 1.29 is 9.90 Å². The number of carbonyl (C=O) groups is 1. The maximum absolute atomic E-state index is 11.6. The average Bonchev–Trinajstić information content (AvgIpc) is 2.37. The van der Waals surface area contributed by atoms with Crippen molar-refractivity contribution in [2.75, 3.05) is 6.54 Å². The van der Waals surface area contributed by atoms with Crippen LogP contribution in [0.4, 0.5) is 0 Å². The quantitative estimate of drug-likeness (QED) is 0.843. The highest BCUT2D eigenvalue weighted by Crippen LogP contribution is 2.17. The van der Waals surface area contributed by atoms with Crippen molar-refractivity contribution >= 4 is 17.5 Å². The van der Waals surface area contributed by atoms with Gasteiger partial charge in [-0.15, -0.1) is 0 Å². The first kappa shape index (κ1) is 16.0. The molecule has 0 heterocycles. The van der Waals surface area contributed by atoms with Gasteiger partial charge in [-0.2, -0.15) is 0 Å². The summed E-state index contributed by atoms with van der Waals surface area (Å²) >= 11 is 6.03. The first-order valence-corrected chi connectivity index (χ1v) is 6.97. The number of aryl methyl sites for hydroxylation is 2. The largest absolute Gasteiger partial charge is 0.391 e. The Morgan fingerprint density at radius 1 is 1.42 bits per heavy atom. The Morgan fingerprint density at radius 2 is 2.11 bits per heavy atom. The molecule has 0 aliphatic rings. The summed E-state index contributed by atoms with van der Waals surface area (Å²) in [5.74, 6) is 0.104. The molecule has 0 radical (unpaired) electrons. The van der Waals surface area contributed by atoms with Gasteiger partial charge in [-0.1, -0.05) is 37.6 Å². The third-order valence-electron chi connectivity index (χ3n) is 3.15. The van der Waals surface area contributed by atoms with Crippen molar-refractivity contribution in [2.24, 2.45) is 5.92 Å². The Kier molecular flexibility index (Phi) is 6.32. The molecule has 2 N–H and O–H groups in total. The SMILES string of the molecule is Cc1ccc(CCC(=O)NCC(O)C(C)C)cc1Cl. The van der Waals surface area contributed by atoms with Gasteiger partial charge in [0.15, 0.2) is 0 Å². The van der Waals surface area contributed by atoms with Gasteiger partial charge in [0, 0.05) is 18.0 Å². The second kappa shape index (κ2) is 7.51. The predicted molar refractivity (Wildman–Crippen MR) is 78.4 cm³/mol. The maximum Gasteiger partial charge on any atom is 0.220 e. The predicted octanol–water partition coefficient (Wildman–Crippen LogP) is 2.71. The van der Waals surface area contributed by atoms with Crippen molar-refractivity contribution in [2.45, 2.75) is 39.7 Å². The van der Waals surface area contributed by atoms with Crippen LogP contribution in [0.1, 0.15) is 31.4 Å². The normalized spacial score (nSPS) is 12.5. The molecule has 106 valence electrons. The van der Waals surface area contributed by atoms with E-state index in [0.29, 0.717) is 19.4 Å². The number of aliphatic hydroxyl groups excluding tert-OH is 1. The van der Waals surface area contributed by atoms with Gasteiger partial charge in [0.05, 0.1) is 6.10 Å². The smallest absolute Gasteiger partial charge is 0.220 e. The Morgan fingerprint density at radius 3 is 2.68 bits per heavy atom. The van der Waals surface area contributed by atoms with Gasteiger partial charge in [-0.25, -0.2) is 0 Å². The fraction of sp³-hybridized carbons (Fsp3) is 0.533. The van der Waals surface area contributed by atoms with E-state index >= 15 is 0 Å². The Hall–Kier alpha value is -1.06. The molecular formula is C15H22ClNO2. The summed E-state index contributed by atoms with van der Waals surface area (Å²) in [6.07, 6.45) is 0.575. The maximum atomic E-state index is 11.6. The number of nitrogens with one attached hydrogen (secondary N) is 1. The highest BCUT2D eigenvalue weighted by atomic mass is 35.5. The van der Waals surface area contributed by atoms with Gasteiger partial charge in [0.1, 0.15) is 0 Å². The number of rotatable bonds is 6. The lowest BCUT2D eigenvalue weighted by Crippen LogP contribution is -2.34. The average molecular weight is 284 g/mol. The van der Waals surface area contributed by atoms with E-state index in [2.05, 4.69) is 5.32 Å². The van der Waals surface area contributed by atoms with E-state index in [4.69, 9.17) is 11.6 Å². The minimum atomic E-state index is -0.488. The van der Waals surface area contributed by atoms with Crippen LogP contribution in [-0.4, -0.2) is 23.7 Å². The Labute approximate surface area is 120 Å². The zero-order valence-electron chi connectivity index (χ0n) is 11.7. The Bertz CT molecular complexity index is 432. The third kappa shape index (κ3) is 5.62. The van der Waals surface area contributed by atoms with Crippen LogP contribution in [0, 0.1) is 12.8 Å². The number of benzene rings is 1. The minimum Gasteiger partial charge on any atom is -0.391 e. The molecule has 0 spiro atoms. The van der Waals surface area contributed by atoms with Gasteiger partial charge in [0.25, 0.3) is 0 Å². The van der Waals surface area contributed by atoms with Gasteiger partial charge in [-0.3, -0.25) is 4.79 Å². The lowest BCUT2D eigenvalue weighted by atomic mass is 10.1. The number of carbonyl (C=O) groups excluding carboxylic acids is 1. The van der Waals surface area contributed by atoms with Gasteiger partial charge in [-0.05, 0) is 36.5 Å². The number of hydrogen-bond donors (Lipinski definition) is 2.